The van der Waals surface area contributed by atoms with Crippen molar-refractivity contribution in [3.8, 4) is 5.75 Å². The van der Waals surface area contributed by atoms with Crippen molar-refractivity contribution in [1.29, 1.82) is 0 Å². The van der Waals surface area contributed by atoms with Crippen molar-refractivity contribution in [2.24, 2.45) is 5.16 Å². The zero-order chi connectivity index (χ0) is 22.0. The first-order valence-electron chi connectivity index (χ1n) is 10.0. The third-order valence-corrected chi connectivity index (χ3v) is 3.56. The first-order valence-corrected chi connectivity index (χ1v) is 10.0. The molecule has 0 aliphatic carbocycles. The molecule has 0 bridgehead atoms. The van der Waals surface area contributed by atoms with E-state index in [9.17, 15) is 9.59 Å². The van der Waals surface area contributed by atoms with Gasteiger partial charge in [0.05, 0.1) is 32.1 Å². The monoisotopic (exact) mass is 423 g/mol. The summed E-state index contributed by atoms with van der Waals surface area (Å²) in [5, 5.41) is 9.29. The Bertz CT molecular complexity index is 645. The number of rotatable bonds is 16. The van der Waals surface area contributed by atoms with Crippen LogP contribution in [-0.4, -0.2) is 63.6 Å². The van der Waals surface area contributed by atoms with Crippen LogP contribution in [0.15, 0.2) is 29.4 Å². The number of carbonyl (C=O) groups is 2. The fraction of sp³-hybridized carbons (Fsp3) is 0.571. The van der Waals surface area contributed by atoms with Crippen molar-refractivity contribution in [1.82, 2.24) is 10.6 Å². The standard InChI is InChI=1S/C21H33N3O6/c1-4-22-20(25)9-11-27-13-14-28-12-10-23-21(26)16-29-19-7-5-18(6-8-19)15-30-24-17(2)3/h5-8H,4,9-16H2,1-3H3,(H,22,25)(H,23,26). The largest absolute Gasteiger partial charge is 0.484 e. The van der Waals surface area contributed by atoms with E-state index >= 15 is 0 Å². The average Bonchev–Trinajstić information content (AvgIpc) is 2.72. The van der Waals surface area contributed by atoms with Crippen LogP contribution in [0.3, 0.4) is 0 Å². The number of amides is 2. The molecule has 0 radical (unpaired) electrons. The lowest BCUT2D eigenvalue weighted by Gasteiger charge is -2.09. The zero-order valence-electron chi connectivity index (χ0n) is 18.1. The highest BCUT2D eigenvalue weighted by Gasteiger charge is 2.03. The molecule has 1 rings (SSSR count). The van der Waals surface area contributed by atoms with Gasteiger partial charge in [0.15, 0.2) is 6.61 Å². The van der Waals surface area contributed by atoms with Gasteiger partial charge < -0.3 is 29.7 Å². The normalized spacial score (nSPS) is 10.2. The third kappa shape index (κ3) is 13.5. The maximum atomic E-state index is 11.8. The number of hydrogen-bond acceptors (Lipinski definition) is 7. The maximum absolute atomic E-state index is 11.8. The van der Waals surface area contributed by atoms with E-state index in [1.165, 1.54) is 0 Å². The molecule has 0 spiro atoms. The molecule has 9 nitrogen and oxygen atoms in total. The summed E-state index contributed by atoms with van der Waals surface area (Å²) in [6, 6.07) is 7.28. The highest BCUT2D eigenvalue weighted by atomic mass is 16.6. The van der Waals surface area contributed by atoms with Crippen LogP contribution in [0.25, 0.3) is 0 Å². The summed E-state index contributed by atoms with van der Waals surface area (Å²) in [5.41, 5.74) is 1.81. The number of nitrogens with one attached hydrogen (secondary N) is 2. The highest BCUT2D eigenvalue weighted by molar-refractivity contribution is 5.78. The first-order chi connectivity index (χ1) is 14.5. The van der Waals surface area contributed by atoms with Crippen LogP contribution in [0.1, 0.15) is 32.8 Å². The van der Waals surface area contributed by atoms with E-state index < -0.39 is 0 Å². The minimum Gasteiger partial charge on any atom is -0.484 e. The number of ether oxygens (including phenoxy) is 3. The van der Waals surface area contributed by atoms with Crippen molar-refractivity contribution in [2.45, 2.75) is 33.8 Å². The van der Waals surface area contributed by atoms with E-state index in [0.717, 1.165) is 11.3 Å². The summed E-state index contributed by atoms with van der Waals surface area (Å²) in [7, 11) is 0. The summed E-state index contributed by atoms with van der Waals surface area (Å²) in [6.07, 6.45) is 0.341. The Morgan fingerprint density at radius 1 is 0.933 bits per heavy atom. The summed E-state index contributed by atoms with van der Waals surface area (Å²) in [4.78, 5) is 28.2. The van der Waals surface area contributed by atoms with Gasteiger partial charge >= 0.3 is 0 Å². The van der Waals surface area contributed by atoms with Crippen LogP contribution in [-0.2, 0) is 30.5 Å². The number of nitrogens with zero attached hydrogens (tertiary/aromatic N) is 1. The van der Waals surface area contributed by atoms with Gasteiger partial charge in [-0.05, 0) is 38.5 Å². The molecule has 1 aromatic carbocycles. The van der Waals surface area contributed by atoms with Crippen molar-refractivity contribution in [3.05, 3.63) is 29.8 Å². The zero-order valence-corrected chi connectivity index (χ0v) is 18.1. The topological polar surface area (TPSA) is 107 Å². The van der Waals surface area contributed by atoms with Crippen LogP contribution in [0.5, 0.6) is 5.75 Å². The molecule has 0 unspecified atom stereocenters. The molecule has 168 valence electrons. The lowest BCUT2D eigenvalue weighted by atomic mass is 10.2. The number of carbonyl (C=O) groups excluding carboxylic acids is 2. The van der Waals surface area contributed by atoms with Gasteiger partial charge in [-0.25, -0.2) is 0 Å². The fourth-order valence-electron chi connectivity index (χ4n) is 2.15. The summed E-state index contributed by atoms with van der Waals surface area (Å²) < 4.78 is 16.1. The Balaban J connectivity index is 2.02. The van der Waals surface area contributed by atoms with E-state index in [-0.39, 0.29) is 18.4 Å². The molecule has 0 aliphatic heterocycles. The summed E-state index contributed by atoms with van der Waals surface area (Å²) in [6.45, 7) is 8.46. The lowest BCUT2D eigenvalue weighted by Crippen LogP contribution is -2.31. The van der Waals surface area contributed by atoms with Crippen LogP contribution >= 0.6 is 0 Å². The van der Waals surface area contributed by atoms with Gasteiger partial charge in [0, 0.05) is 19.5 Å². The Hall–Kier alpha value is -2.65. The van der Waals surface area contributed by atoms with E-state index in [1.54, 1.807) is 12.1 Å². The van der Waals surface area contributed by atoms with E-state index in [2.05, 4.69) is 15.8 Å². The van der Waals surface area contributed by atoms with Crippen LogP contribution < -0.4 is 15.4 Å². The van der Waals surface area contributed by atoms with Gasteiger partial charge in [-0.3, -0.25) is 9.59 Å². The van der Waals surface area contributed by atoms with Gasteiger partial charge in [0.25, 0.3) is 5.91 Å². The first kappa shape index (κ1) is 25.4. The van der Waals surface area contributed by atoms with Crippen molar-refractivity contribution >= 4 is 17.5 Å². The molecule has 9 heteroatoms. The van der Waals surface area contributed by atoms with E-state index in [1.807, 2.05) is 32.9 Å². The van der Waals surface area contributed by atoms with Crippen molar-refractivity contribution < 1.29 is 28.6 Å². The number of oxime groups is 1. The summed E-state index contributed by atoms with van der Waals surface area (Å²) >= 11 is 0. The second kappa shape index (κ2) is 16.2. The SMILES string of the molecule is CCNC(=O)CCOCCOCCNC(=O)COc1ccc(CON=C(C)C)cc1. The van der Waals surface area contributed by atoms with E-state index in [4.69, 9.17) is 19.0 Å². The average molecular weight is 424 g/mol. The molecule has 2 amide bonds. The number of hydrogen-bond donors (Lipinski definition) is 2. The highest BCUT2D eigenvalue weighted by Crippen LogP contribution is 2.12. The molecule has 0 aromatic heterocycles. The molecule has 0 fully saturated rings. The van der Waals surface area contributed by atoms with Crippen LogP contribution in [0.4, 0.5) is 0 Å². The van der Waals surface area contributed by atoms with Crippen LogP contribution in [0, 0.1) is 0 Å². The molecule has 1 aromatic rings. The molecule has 0 atom stereocenters. The predicted molar refractivity (Wildman–Crippen MR) is 113 cm³/mol. The molecule has 0 saturated carbocycles. The van der Waals surface area contributed by atoms with Gasteiger partial charge in [-0.15, -0.1) is 0 Å². The fourth-order valence-corrected chi connectivity index (χ4v) is 2.15. The molecule has 30 heavy (non-hydrogen) atoms. The maximum Gasteiger partial charge on any atom is 0.258 e. The lowest BCUT2D eigenvalue weighted by molar-refractivity contribution is -0.123. The minimum absolute atomic E-state index is 0.0231. The molecule has 0 saturated heterocycles. The van der Waals surface area contributed by atoms with Gasteiger partial charge in [0.2, 0.25) is 5.91 Å². The Labute approximate surface area is 178 Å². The van der Waals surface area contributed by atoms with E-state index in [0.29, 0.717) is 58.3 Å². The summed E-state index contributed by atoms with van der Waals surface area (Å²) in [5.74, 6) is 0.354. The Kier molecular flexibility index (Phi) is 13.7. The number of benzene rings is 1. The van der Waals surface area contributed by atoms with Crippen molar-refractivity contribution in [2.75, 3.05) is 46.1 Å². The molecule has 0 heterocycles. The molecule has 2 N–H and O–H groups in total. The van der Waals surface area contributed by atoms with Gasteiger partial charge in [-0.1, -0.05) is 17.3 Å². The predicted octanol–water partition coefficient (Wildman–Crippen LogP) is 1.65. The Morgan fingerprint density at radius 3 is 2.30 bits per heavy atom. The molecular formula is C21H33N3O6. The second-order valence-corrected chi connectivity index (χ2v) is 6.52. The molecular weight excluding hydrogens is 390 g/mol. The second-order valence-electron chi connectivity index (χ2n) is 6.52. The van der Waals surface area contributed by atoms with Crippen molar-refractivity contribution in [3.63, 3.8) is 0 Å². The van der Waals surface area contributed by atoms with Crippen LogP contribution in [0.2, 0.25) is 0 Å². The third-order valence-electron chi connectivity index (χ3n) is 3.56. The molecule has 0 aliphatic rings. The smallest absolute Gasteiger partial charge is 0.258 e. The Morgan fingerprint density at radius 2 is 1.63 bits per heavy atom. The quantitative estimate of drug-likeness (QED) is 0.238. The van der Waals surface area contributed by atoms with Gasteiger partial charge in [-0.2, -0.15) is 0 Å². The minimum atomic E-state index is -0.225. The van der Waals surface area contributed by atoms with Gasteiger partial charge in [0.1, 0.15) is 12.4 Å².